The second-order valence-corrected chi connectivity index (χ2v) is 5.69. The molecule has 2 amide bonds. The van der Waals surface area contributed by atoms with Gasteiger partial charge in [-0.3, -0.25) is 14.4 Å². The molecule has 0 spiro atoms. The molecule has 0 aliphatic carbocycles. The lowest BCUT2D eigenvalue weighted by molar-refractivity contribution is -0.148. The van der Waals surface area contributed by atoms with Crippen LogP contribution in [0, 0.1) is 11.8 Å². The van der Waals surface area contributed by atoms with E-state index in [4.69, 9.17) is 0 Å². The van der Waals surface area contributed by atoms with Crippen molar-refractivity contribution in [3.63, 3.8) is 0 Å². The van der Waals surface area contributed by atoms with E-state index < -0.39 is 35.8 Å². The minimum atomic E-state index is -1.01. The minimum absolute atomic E-state index is 0.0526. The van der Waals surface area contributed by atoms with Gasteiger partial charge in [0.2, 0.25) is 11.8 Å². The molecule has 3 atom stereocenters. The molecule has 0 saturated heterocycles. The number of carbonyl (C=O) groups is 4. The van der Waals surface area contributed by atoms with Crippen LogP contribution < -0.4 is 10.6 Å². The van der Waals surface area contributed by atoms with Crippen LogP contribution in [0.5, 0.6) is 0 Å². The first kappa shape index (κ1) is 20.9. The van der Waals surface area contributed by atoms with Crippen LogP contribution in [0.25, 0.3) is 0 Å². The summed E-state index contributed by atoms with van der Waals surface area (Å²) >= 11 is 0. The third-order valence-electron chi connectivity index (χ3n) is 3.35. The van der Waals surface area contributed by atoms with Crippen molar-refractivity contribution in [2.75, 3.05) is 14.2 Å². The Morgan fingerprint density at radius 2 is 1.48 bits per heavy atom. The zero-order chi connectivity index (χ0) is 18.2. The zero-order valence-corrected chi connectivity index (χ0v) is 14.5. The average Bonchev–Trinajstić information content (AvgIpc) is 2.48. The first-order chi connectivity index (χ1) is 10.6. The van der Waals surface area contributed by atoms with Crippen molar-refractivity contribution < 1.29 is 28.7 Å². The maximum absolute atomic E-state index is 12.4. The van der Waals surface area contributed by atoms with Crippen LogP contribution in [-0.4, -0.2) is 50.1 Å². The number of nitrogens with one attached hydrogen (secondary N) is 2. The highest BCUT2D eigenvalue weighted by molar-refractivity contribution is 5.90. The van der Waals surface area contributed by atoms with Gasteiger partial charge in [-0.15, -0.1) is 0 Å². The monoisotopic (exact) mass is 330 g/mol. The van der Waals surface area contributed by atoms with Gasteiger partial charge in [0.15, 0.2) is 0 Å². The van der Waals surface area contributed by atoms with E-state index in [1.807, 2.05) is 0 Å². The predicted octanol–water partition coefficient (Wildman–Crippen LogP) is 0.00410. The van der Waals surface area contributed by atoms with Gasteiger partial charge in [-0.05, 0) is 11.8 Å². The summed E-state index contributed by atoms with van der Waals surface area (Å²) < 4.78 is 9.24. The molecule has 0 rings (SSSR count). The fraction of sp³-hybridized carbons (Fsp3) is 0.733. The molecule has 0 bridgehead atoms. The molecule has 23 heavy (non-hydrogen) atoms. The van der Waals surface area contributed by atoms with Crippen molar-refractivity contribution in [2.45, 2.75) is 46.2 Å². The van der Waals surface area contributed by atoms with Gasteiger partial charge in [-0.2, -0.15) is 0 Å². The molecule has 0 aliphatic rings. The van der Waals surface area contributed by atoms with Crippen LogP contribution in [0.3, 0.4) is 0 Å². The van der Waals surface area contributed by atoms with Crippen molar-refractivity contribution in [2.24, 2.45) is 11.8 Å². The Kier molecular flexibility index (Phi) is 8.90. The van der Waals surface area contributed by atoms with Crippen molar-refractivity contribution in [3.8, 4) is 0 Å². The maximum Gasteiger partial charge on any atom is 0.328 e. The summed E-state index contributed by atoms with van der Waals surface area (Å²) in [6.45, 7) is 6.47. The smallest absolute Gasteiger partial charge is 0.328 e. The average molecular weight is 330 g/mol. The fourth-order valence-corrected chi connectivity index (χ4v) is 2.02. The van der Waals surface area contributed by atoms with Gasteiger partial charge in [0, 0.05) is 6.92 Å². The molecule has 8 heteroatoms. The van der Waals surface area contributed by atoms with Crippen LogP contribution in [0.1, 0.15) is 34.1 Å². The van der Waals surface area contributed by atoms with E-state index >= 15 is 0 Å². The van der Waals surface area contributed by atoms with Crippen LogP contribution in [0.4, 0.5) is 0 Å². The van der Waals surface area contributed by atoms with Crippen molar-refractivity contribution in [3.05, 3.63) is 0 Å². The largest absolute Gasteiger partial charge is 0.469 e. The molecule has 8 nitrogen and oxygen atoms in total. The molecule has 0 aliphatic heterocycles. The molecule has 0 aromatic carbocycles. The first-order valence-corrected chi connectivity index (χ1v) is 7.36. The van der Waals surface area contributed by atoms with Gasteiger partial charge >= 0.3 is 11.9 Å². The first-order valence-electron chi connectivity index (χ1n) is 7.36. The Hall–Kier alpha value is -2.12. The molecule has 0 saturated carbocycles. The van der Waals surface area contributed by atoms with E-state index in [0.29, 0.717) is 0 Å². The number of esters is 2. The Balaban J connectivity index is 5.13. The van der Waals surface area contributed by atoms with E-state index in [0.717, 1.165) is 0 Å². The predicted molar refractivity (Wildman–Crippen MR) is 82.2 cm³/mol. The Labute approximate surface area is 136 Å². The van der Waals surface area contributed by atoms with Gasteiger partial charge in [0.05, 0.1) is 20.6 Å². The third kappa shape index (κ3) is 7.12. The van der Waals surface area contributed by atoms with E-state index in [1.165, 1.54) is 21.1 Å². The standard InChI is InChI=1S/C15H26N2O6/c1-8(2)12(16-10(4)18)14(20)17-13(15(21)23-6)9(3)7-11(19)22-5/h8-9,12-13H,7H2,1-6H3,(H,16,18)(H,17,20)/t9-,12-,13-/m1/s1. The Morgan fingerprint density at radius 3 is 1.87 bits per heavy atom. The van der Waals surface area contributed by atoms with E-state index in [9.17, 15) is 19.2 Å². The van der Waals surface area contributed by atoms with E-state index in [1.54, 1.807) is 20.8 Å². The van der Waals surface area contributed by atoms with Crippen LogP contribution >= 0.6 is 0 Å². The summed E-state index contributed by atoms with van der Waals surface area (Å²) in [4.78, 5) is 46.8. The summed E-state index contributed by atoms with van der Waals surface area (Å²) in [5.74, 6) is -2.72. The molecule has 0 aromatic heterocycles. The molecule has 0 unspecified atom stereocenters. The Morgan fingerprint density at radius 1 is 0.913 bits per heavy atom. The lowest BCUT2D eigenvalue weighted by Gasteiger charge is -2.26. The number of carbonyl (C=O) groups excluding carboxylic acids is 4. The van der Waals surface area contributed by atoms with Gasteiger partial charge in [-0.1, -0.05) is 20.8 Å². The van der Waals surface area contributed by atoms with E-state index in [-0.39, 0.29) is 18.2 Å². The molecular weight excluding hydrogens is 304 g/mol. The molecule has 0 aromatic rings. The number of rotatable bonds is 8. The fourth-order valence-electron chi connectivity index (χ4n) is 2.02. The lowest BCUT2D eigenvalue weighted by Crippen LogP contribution is -2.55. The zero-order valence-electron chi connectivity index (χ0n) is 14.5. The number of methoxy groups -OCH3 is 2. The van der Waals surface area contributed by atoms with Crippen molar-refractivity contribution in [1.82, 2.24) is 10.6 Å². The molecule has 0 radical (unpaired) electrons. The van der Waals surface area contributed by atoms with Crippen LogP contribution in [0.15, 0.2) is 0 Å². The molecule has 0 fully saturated rings. The number of amides is 2. The Bertz CT molecular complexity index is 449. The summed E-state index contributed by atoms with van der Waals surface area (Å²) in [6, 6.07) is -1.80. The summed E-state index contributed by atoms with van der Waals surface area (Å²) in [7, 11) is 2.44. The second-order valence-electron chi connectivity index (χ2n) is 5.69. The second kappa shape index (κ2) is 9.81. The van der Waals surface area contributed by atoms with E-state index in [2.05, 4.69) is 20.1 Å². The maximum atomic E-state index is 12.4. The SMILES string of the molecule is COC(=O)C[C@@H](C)[C@@H](NC(=O)[C@H](NC(C)=O)C(C)C)C(=O)OC. The van der Waals surface area contributed by atoms with Crippen molar-refractivity contribution >= 4 is 23.8 Å². The normalized spacial score (nSPS) is 14.4. The van der Waals surface area contributed by atoms with Gasteiger partial charge in [0.25, 0.3) is 0 Å². The molecule has 2 N–H and O–H groups in total. The molecular formula is C15H26N2O6. The topological polar surface area (TPSA) is 111 Å². The van der Waals surface area contributed by atoms with Crippen LogP contribution in [0.2, 0.25) is 0 Å². The van der Waals surface area contributed by atoms with Gasteiger partial charge in [-0.25, -0.2) is 4.79 Å². The van der Waals surface area contributed by atoms with Gasteiger partial charge in [0.1, 0.15) is 12.1 Å². The highest BCUT2D eigenvalue weighted by Crippen LogP contribution is 2.12. The van der Waals surface area contributed by atoms with Gasteiger partial charge < -0.3 is 20.1 Å². The summed E-state index contributed by atoms with van der Waals surface area (Å²) in [6.07, 6.45) is -0.0526. The summed E-state index contributed by atoms with van der Waals surface area (Å²) in [5.41, 5.74) is 0. The molecule has 0 heterocycles. The number of hydrogen-bond acceptors (Lipinski definition) is 6. The quantitative estimate of drug-likeness (QED) is 0.606. The highest BCUT2D eigenvalue weighted by atomic mass is 16.5. The number of hydrogen-bond donors (Lipinski definition) is 2. The van der Waals surface area contributed by atoms with Crippen LogP contribution in [-0.2, 0) is 28.7 Å². The summed E-state index contributed by atoms with van der Waals surface area (Å²) in [5, 5.41) is 5.09. The van der Waals surface area contributed by atoms with Crippen molar-refractivity contribution in [1.29, 1.82) is 0 Å². The molecule has 132 valence electrons. The highest BCUT2D eigenvalue weighted by Gasteiger charge is 2.33. The lowest BCUT2D eigenvalue weighted by atomic mass is 9.96. The number of ether oxygens (including phenoxy) is 2. The third-order valence-corrected chi connectivity index (χ3v) is 3.35. The minimum Gasteiger partial charge on any atom is -0.469 e.